The summed E-state index contributed by atoms with van der Waals surface area (Å²) in [5.41, 5.74) is 3.22. The Morgan fingerprint density at radius 3 is 2.76 bits per heavy atom. The van der Waals surface area contributed by atoms with Gasteiger partial charge in [-0.15, -0.1) is 0 Å². The largest absolute Gasteiger partial charge is 0.352 e. The molecule has 7 heteroatoms. The number of rotatable bonds is 5. The first kappa shape index (κ1) is 20.0. The van der Waals surface area contributed by atoms with Crippen LogP contribution in [0.4, 0.5) is 0 Å². The molecule has 1 N–H and O–H groups in total. The zero-order chi connectivity index (χ0) is 20.7. The Balaban J connectivity index is 1.87. The molecule has 1 saturated carbocycles. The third-order valence-corrected chi connectivity index (χ3v) is 6.48. The van der Waals surface area contributed by atoms with Crippen LogP contribution in [0.1, 0.15) is 30.9 Å². The van der Waals surface area contributed by atoms with E-state index in [0.29, 0.717) is 21.1 Å². The second-order valence-electron chi connectivity index (χ2n) is 7.46. The second-order valence-corrected chi connectivity index (χ2v) is 9.20. The van der Waals surface area contributed by atoms with Crippen LogP contribution in [0.15, 0.2) is 46.3 Å². The van der Waals surface area contributed by atoms with Crippen LogP contribution in [0.5, 0.6) is 0 Å². The number of aromatic nitrogens is 2. The van der Waals surface area contributed by atoms with E-state index in [-0.39, 0.29) is 22.8 Å². The van der Waals surface area contributed by atoms with Crippen molar-refractivity contribution in [3.8, 4) is 5.69 Å². The van der Waals surface area contributed by atoms with E-state index in [9.17, 15) is 9.59 Å². The van der Waals surface area contributed by atoms with Gasteiger partial charge in [-0.1, -0.05) is 35.5 Å². The first-order chi connectivity index (χ1) is 13.8. The number of amides is 1. The summed E-state index contributed by atoms with van der Waals surface area (Å²) in [6, 6.07) is 11.2. The van der Waals surface area contributed by atoms with Crippen LogP contribution in [0.25, 0.3) is 16.6 Å². The van der Waals surface area contributed by atoms with Gasteiger partial charge in [-0.25, -0.2) is 4.98 Å². The average molecular weight is 428 g/mol. The van der Waals surface area contributed by atoms with Gasteiger partial charge in [0.2, 0.25) is 5.91 Å². The Labute approximate surface area is 178 Å². The Morgan fingerprint density at radius 1 is 1.28 bits per heavy atom. The molecule has 0 spiro atoms. The minimum Gasteiger partial charge on any atom is -0.352 e. The van der Waals surface area contributed by atoms with E-state index >= 15 is 0 Å². The van der Waals surface area contributed by atoms with Crippen molar-refractivity contribution in [3.05, 3.63) is 62.9 Å². The molecular weight excluding hydrogens is 406 g/mol. The summed E-state index contributed by atoms with van der Waals surface area (Å²) in [5, 5.41) is 4.14. The minimum absolute atomic E-state index is 0.0366. The SMILES string of the molecule is Cc1cccc(-n2c(SC(C)C(=O)NC3CC3)nc3cc(Cl)ccc3c2=O)c1C. The molecule has 29 heavy (non-hydrogen) atoms. The molecule has 1 unspecified atom stereocenters. The Hall–Kier alpha value is -2.31. The summed E-state index contributed by atoms with van der Waals surface area (Å²) >= 11 is 7.42. The monoisotopic (exact) mass is 427 g/mol. The number of nitrogens with zero attached hydrogens (tertiary/aromatic N) is 2. The number of benzene rings is 2. The summed E-state index contributed by atoms with van der Waals surface area (Å²) < 4.78 is 1.62. The summed E-state index contributed by atoms with van der Waals surface area (Å²) in [4.78, 5) is 30.7. The lowest BCUT2D eigenvalue weighted by Gasteiger charge is -2.18. The Bertz CT molecular complexity index is 1170. The number of halogens is 1. The lowest BCUT2D eigenvalue weighted by molar-refractivity contribution is -0.120. The first-order valence-corrected chi connectivity index (χ1v) is 10.9. The number of thioether (sulfide) groups is 1. The van der Waals surface area contributed by atoms with Crippen LogP contribution >= 0.6 is 23.4 Å². The number of fused-ring (bicyclic) bond motifs is 1. The summed E-state index contributed by atoms with van der Waals surface area (Å²) in [5.74, 6) is -0.0366. The topological polar surface area (TPSA) is 64.0 Å². The molecule has 0 radical (unpaired) electrons. The Kier molecular flexibility index (Phi) is 5.40. The summed E-state index contributed by atoms with van der Waals surface area (Å²) in [7, 11) is 0. The molecule has 0 saturated heterocycles. The molecule has 4 rings (SSSR count). The number of aryl methyl sites for hydroxylation is 1. The van der Waals surface area contributed by atoms with E-state index in [1.807, 2.05) is 39.0 Å². The molecule has 1 atom stereocenters. The minimum atomic E-state index is -0.379. The van der Waals surface area contributed by atoms with Gasteiger partial charge >= 0.3 is 0 Å². The number of hydrogen-bond acceptors (Lipinski definition) is 4. The molecule has 1 amide bonds. The maximum Gasteiger partial charge on any atom is 0.266 e. The fourth-order valence-corrected chi connectivity index (χ4v) is 4.26. The molecule has 1 aliphatic carbocycles. The van der Waals surface area contributed by atoms with Gasteiger partial charge in [-0.05, 0) is 69.0 Å². The molecule has 2 aromatic carbocycles. The smallest absolute Gasteiger partial charge is 0.266 e. The highest BCUT2D eigenvalue weighted by Gasteiger charge is 2.27. The molecule has 150 valence electrons. The average Bonchev–Trinajstić information content (AvgIpc) is 3.48. The van der Waals surface area contributed by atoms with Crippen LogP contribution in [0.3, 0.4) is 0 Å². The number of carbonyl (C=O) groups excluding carboxylic acids is 1. The van der Waals surface area contributed by atoms with E-state index in [2.05, 4.69) is 5.32 Å². The normalized spacial score (nSPS) is 14.8. The number of nitrogens with one attached hydrogen (secondary N) is 1. The molecule has 1 fully saturated rings. The van der Waals surface area contributed by atoms with Crippen LogP contribution in [-0.4, -0.2) is 26.8 Å². The lowest BCUT2D eigenvalue weighted by atomic mass is 10.1. The van der Waals surface area contributed by atoms with E-state index in [0.717, 1.165) is 29.7 Å². The standard InChI is InChI=1S/C22H22ClN3O2S/c1-12-5-4-6-19(13(12)2)26-21(28)17-10-7-15(23)11-18(17)25-22(26)29-14(3)20(27)24-16-8-9-16/h4-7,10-11,14,16H,8-9H2,1-3H3,(H,24,27). The van der Waals surface area contributed by atoms with Gasteiger partial charge in [0.25, 0.3) is 5.56 Å². The third-order valence-electron chi connectivity index (χ3n) is 5.19. The van der Waals surface area contributed by atoms with Crippen LogP contribution in [-0.2, 0) is 4.79 Å². The van der Waals surface area contributed by atoms with Gasteiger partial charge in [-0.3, -0.25) is 14.2 Å². The van der Waals surface area contributed by atoms with Crippen molar-refractivity contribution in [2.45, 2.75) is 50.1 Å². The molecule has 5 nitrogen and oxygen atoms in total. The maximum absolute atomic E-state index is 13.4. The van der Waals surface area contributed by atoms with E-state index < -0.39 is 0 Å². The third kappa shape index (κ3) is 4.05. The van der Waals surface area contributed by atoms with Crippen molar-refractivity contribution in [2.24, 2.45) is 0 Å². The van der Waals surface area contributed by atoms with E-state index in [1.165, 1.54) is 11.8 Å². The van der Waals surface area contributed by atoms with Crippen molar-refractivity contribution in [1.82, 2.24) is 14.9 Å². The van der Waals surface area contributed by atoms with E-state index in [4.69, 9.17) is 16.6 Å². The fourth-order valence-electron chi connectivity index (χ4n) is 3.17. The molecule has 0 bridgehead atoms. The summed E-state index contributed by atoms with van der Waals surface area (Å²) in [6.07, 6.45) is 2.06. The molecular formula is C22H22ClN3O2S. The summed E-state index contributed by atoms with van der Waals surface area (Å²) in [6.45, 7) is 5.83. The van der Waals surface area contributed by atoms with Crippen molar-refractivity contribution >= 4 is 40.2 Å². The predicted octanol–water partition coefficient (Wildman–Crippen LogP) is 4.42. The quantitative estimate of drug-likeness (QED) is 0.483. The van der Waals surface area contributed by atoms with Crippen molar-refractivity contribution in [2.75, 3.05) is 0 Å². The second kappa shape index (κ2) is 7.84. The molecule has 1 heterocycles. The van der Waals surface area contributed by atoms with Crippen molar-refractivity contribution in [3.63, 3.8) is 0 Å². The lowest BCUT2D eigenvalue weighted by Crippen LogP contribution is -2.33. The van der Waals surface area contributed by atoms with Crippen LogP contribution in [0.2, 0.25) is 5.02 Å². The molecule has 1 aromatic heterocycles. The van der Waals surface area contributed by atoms with Gasteiger partial charge in [-0.2, -0.15) is 0 Å². The Morgan fingerprint density at radius 2 is 2.03 bits per heavy atom. The number of carbonyl (C=O) groups is 1. The van der Waals surface area contributed by atoms with E-state index in [1.54, 1.807) is 22.8 Å². The van der Waals surface area contributed by atoms with Gasteiger partial charge in [0.15, 0.2) is 5.16 Å². The van der Waals surface area contributed by atoms with Crippen molar-refractivity contribution in [1.29, 1.82) is 0 Å². The zero-order valence-electron chi connectivity index (χ0n) is 16.5. The molecule has 3 aromatic rings. The maximum atomic E-state index is 13.4. The number of hydrogen-bond donors (Lipinski definition) is 1. The fraction of sp³-hybridized carbons (Fsp3) is 0.318. The van der Waals surface area contributed by atoms with Gasteiger partial charge in [0.05, 0.1) is 21.8 Å². The van der Waals surface area contributed by atoms with Crippen molar-refractivity contribution < 1.29 is 4.79 Å². The van der Waals surface area contributed by atoms with Gasteiger partial charge in [0.1, 0.15) is 0 Å². The highest BCUT2D eigenvalue weighted by Crippen LogP contribution is 2.29. The first-order valence-electron chi connectivity index (χ1n) is 9.61. The predicted molar refractivity (Wildman–Crippen MR) is 118 cm³/mol. The van der Waals surface area contributed by atoms with Gasteiger partial charge < -0.3 is 5.32 Å². The van der Waals surface area contributed by atoms with Gasteiger partial charge in [0, 0.05) is 11.1 Å². The zero-order valence-corrected chi connectivity index (χ0v) is 18.1. The molecule has 1 aliphatic rings. The highest BCUT2D eigenvalue weighted by atomic mass is 35.5. The van der Waals surface area contributed by atoms with Crippen LogP contribution < -0.4 is 10.9 Å². The van der Waals surface area contributed by atoms with Crippen LogP contribution in [0, 0.1) is 13.8 Å². The highest BCUT2D eigenvalue weighted by molar-refractivity contribution is 8.00. The molecule has 0 aliphatic heterocycles.